The highest BCUT2D eigenvalue weighted by Gasteiger charge is 2.14. The number of hydrogen-bond acceptors (Lipinski definition) is 7. The highest BCUT2D eigenvalue weighted by atomic mass is 32.2. The predicted octanol–water partition coefficient (Wildman–Crippen LogP) is 3.01. The van der Waals surface area contributed by atoms with Crippen molar-refractivity contribution >= 4 is 33.0 Å². The molecule has 2 heterocycles. The number of benzene rings is 2. The lowest BCUT2D eigenvalue weighted by atomic mass is 10.1. The molecule has 176 valence electrons. The molecule has 0 radical (unpaired) electrons. The SMILES string of the molecule is CC(C)(N)CNC(=O)c1ccc(Nc2nc3cccc(-c4cccc(S(C)(=O)=O)c4)n3n2)cc1. The third kappa shape index (κ3) is 5.41. The van der Waals surface area contributed by atoms with Crippen LogP contribution in [0.3, 0.4) is 0 Å². The van der Waals surface area contributed by atoms with Gasteiger partial charge in [-0.3, -0.25) is 4.79 Å². The summed E-state index contributed by atoms with van der Waals surface area (Å²) < 4.78 is 25.6. The van der Waals surface area contributed by atoms with Crippen molar-refractivity contribution in [3.63, 3.8) is 0 Å². The standard InChI is InChI=1S/C24H26N6O3S/c1-24(2,25)15-26-22(31)16-10-12-18(13-11-16)27-23-28-21-9-5-8-20(30(21)29-23)17-6-4-7-19(14-17)34(3,32)33/h4-14H,15,25H2,1-3H3,(H,26,31)(H,27,29). The van der Waals surface area contributed by atoms with Gasteiger partial charge in [-0.25, -0.2) is 12.9 Å². The van der Waals surface area contributed by atoms with E-state index in [4.69, 9.17) is 5.73 Å². The van der Waals surface area contributed by atoms with Crippen LogP contribution in [0, 0.1) is 0 Å². The summed E-state index contributed by atoms with van der Waals surface area (Å²) >= 11 is 0. The second-order valence-corrected chi connectivity index (χ2v) is 10.8. The first-order valence-corrected chi connectivity index (χ1v) is 12.5. The van der Waals surface area contributed by atoms with Crippen molar-refractivity contribution < 1.29 is 13.2 Å². The summed E-state index contributed by atoms with van der Waals surface area (Å²) in [7, 11) is -3.34. The van der Waals surface area contributed by atoms with Gasteiger partial charge in [-0.1, -0.05) is 18.2 Å². The summed E-state index contributed by atoms with van der Waals surface area (Å²) in [5.74, 6) is 0.172. The Morgan fingerprint density at radius 2 is 1.76 bits per heavy atom. The van der Waals surface area contributed by atoms with Crippen LogP contribution in [0.15, 0.2) is 71.6 Å². The van der Waals surface area contributed by atoms with Gasteiger partial charge in [0, 0.05) is 35.2 Å². The van der Waals surface area contributed by atoms with Crippen molar-refractivity contribution in [1.82, 2.24) is 19.9 Å². The fourth-order valence-corrected chi connectivity index (χ4v) is 3.97. The largest absolute Gasteiger partial charge is 0.350 e. The molecule has 0 aliphatic heterocycles. The summed E-state index contributed by atoms with van der Waals surface area (Å²) in [6.45, 7) is 4.05. The molecule has 4 N–H and O–H groups in total. The van der Waals surface area contributed by atoms with Crippen molar-refractivity contribution in [2.45, 2.75) is 24.3 Å². The summed E-state index contributed by atoms with van der Waals surface area (Å²) in [5.41, 5.74) is 8.67. The zero-order chi connectivity index (χ0) is 24.5. The van der Waals surface area contributed by atoms with Gasteiger partial charge in [-0.05, 0) is 62.4 Å². The number of rotatable bonds is 7. The normalized spacial score (nSPS) is 12.0. The smallest absolute Gasteiger partial charge is 0.251 e. The Bertz CT molecular complexity index is 1450. The molecule has 0 spiro atoms. The first-order valence-electron chi connectivity index (χ1n) is 10.6. The molecule has 0 saturated carbocycles. The molecule has 0 atom stereocenters. The summed E-state index contributed by atoms with van der Waals surface area (Å²) in [5, 5.41) is 10.5. The second kappa shape index (κ2) is 8.88. The highest BCUT2D eigenvalue weighted by Crippen LogP contribution is 2.24. The lowest BCUT2D eigenvalue weighted by molar-refractivity contribution is 0.0946. The number of aromatic nitrogens is 3. The van der Waals surface area contributed by atoms with Gasteiger partial charge in [-0.15, -0.1) is 5.10 Å². The first kappa shape index (κ1) is 23.4. The quantitative estimate of drug-likeness (QED) is 0.372. The van der Waals surface area contributed by atoms with Gasteiger partial charge in [0.2, 0.25) is 5.95 Å². The van der Waals surface area contributed by atoms with E-state index >= 15 is 0 Å². The van der Waals surface area contributed by atoms with E-state index in [-0.39, 0.29) is 10.8 Å². The number of carbonyl (C=O) groups is 1. The molecular formula is C24H26N6O3S. The van der Waals surface area contributed by atoms with Crippen molar-refractivity contribution in [2.24, 2.45) is 5.73 Å². The summed E-state index contributed by atoms with van der Waals surface area (Å²) in [4.78, 5) is 17.0. The van der Waals surface area contributed by atoms with Crippen molar-refractivity contribution in [3.05, 3.63) is 72.3 Å². The zero-order valence-corrected chi connectivity index (χ0v) is 19.9. The van der Waals surface area contributed by atoms with Crippen LogP contribution in [0.25, 0.3) is 16.9 Å². The highest BCUT2D eigenvalue weighted by molar-refractivity contribution is 7.90. The molecule has 10 heteroatoms. The molecule has 0 unspecified atom stereocenters. The summed E-state index contributed by atoms with van der Waals surface area (Å²) in [6.07, 6.45) is 1.18. The van der Waals surface area contributed by atoms with Crippen LogP contribution in [0.1, 0.15) is 24.2 Å². The fraction of sp³-hybridized carbons (Fsp3) is 0.208. The van der Waals surface area contributed by atoms with Crippen LogP contribution in [-0.2, 0) is 9.84 Å². The Hall–Kier alpha value is -3.76. The topological polar surface area (TPSA) is 131 Å². The van der Waals surface area contributed by atoms with E-state index in [1.54, 1.807) is 47.0 Å². The molecule has 9 nitrogen and oxygen atoms in total. The van der Waals surface area contributed by atoms with Gasteiger partial charge in [0.25, 0.3) is 5.91 Å². The maximum atomic E-state index is 12.3. The van der Waals surface area contributed by atoms with E-state index in [9.17, 15) is 13.2 Å². The molecule has 0 fully saturated rings. The molecule has 2 aromatic carbocycles. The monoisotopic (exact) mass is 478 g/mol. The molecule has 1 amide bonds. The molecule has 0 aliphatic rings. The van der Waals surface area contributed by atoms with Crippen molar-refractivity contribution in [1.29, 1.82) is 0 Å². The number of nitrogens with zero attached hydrogens (tertiary/aromatic N) is 3. The third-order valence-electron chi connectivity index (χ3n) is 5.03. The molecule has 0 aliphatic carbocycles. The van der Waals surface area contributed by atoms with Gasteiger partial charge in [0.05, 0.1) is 10.6 Å². The molecule has 4 rings (SSSR count). The molecule has 0 saturated heterocycles. The average Bonchev–Trinajstić information content (AvgIpc) is 3.19. The molecular weight excluding hydrogens is 452 g/mol. The number of nitrogens with one attached hydrogen (secondary N) is 2. The van der Waals surface area contributed by atoms with E-state index in [1.165, 1.54) is 6.26 Å². The zero-order valence-electron chi connectivity index (χ0n) is 19.1. The average molecular weight is 479 g/mol. The minimum Gasteiger partial charge on any atom is -0.350 e. The lowest BCUT2D eigenvalue weighted by Crippen LogP contribution is -2.45. The number of sulfone groups is 1. The van der Waals surface area contributed by atoms with Gasteiger partial charge < -0.3 is 16.4 Å². The van der Waals surface area contributed by atoms with Gasteiger partial charge in [0.1, 0.15) is 0 Å². The van der Waals surface area contributed by atoms with E-state index in [1.807, 2.05) is 38.1 Å². The minimum absolute atomic E-state index is 0.197. The van der Waals surface area contributed by atoms with Crippen molar-refractivity contribution in [3.8, 4) is 11.3 Å². The lowest BCUT2D eigenvalue weighted by Gasteiger charge is -2.18. The van der Waals surface area contributed by atoms with Gasteiger partial charge in [-0.2, -0.15) is 4.98 Å². The molecule has 4 aromatic rings. The van der Waals surface area contributed by atoms with E-state index < -0.39 is 15.4 Å². The Balaban J connectivity index is 1.56. The number of pyridine rings is 1. The molecule has 0 bridgehead atoms. The number of carbonyl (C=O) groups excluding carboxylic acids is 1. The Labute approximate surface area is 197 Å². The predicted molar refractivity (Wildman–Crippen MR) is 132 cm³/mol. The Morgan fingerprint density at radius 1 is 1.06 bits per heavy atom. The number of amides is 1. The van der Waals surface area contributed by atoms with E-state index in [2.05, 4.69) is 20.7 Å². The molecule has 34 heavy (non-hydrogen) atoms. The second-order valence-electron chi connectivity index (χ2n) is 8.79. The maximum Gasteiger partial charge on any atom is 0.251 e. The fourth-order valence-electron chi connectivity index (χ4n) is 3.31. The Kier molecular flexibility index (Phi) is 6.11. The third-order valence-corrected chi connectivity index (χ3v) is 6.14. The van der Waals surface area contributed by atoms with E-state index in [0.717, 1.165) is 0 Å². The van der Waals surface area contributed by atoms with Crippen LogP contribution in [0.5, 0.6) is 0 Å². The minimum atomic E-state index is -3.34. The van der Waals surface area contributed by atoms with Crippen LogP contribution in [-0.4, -0.2) is 47.3 Å². The number of nitrogens with two attached hydrogens (primary N) is 1. The van der Waals surface area contributed by atoms with Crippen LogP contribution >= 0.6 is 0 Å². The number of hydrogen-bond donors (Lipinski definition) is 3. The van der Waals surface area contributed by atoms with Crippen LogP contribution in [0.2, 0.25) is 0 Å². The van der Waals surface area contributed by atoms with Crippen molar-refractivity contribution in [2.75, 3.05) is 18.1 Å². The van der Waals surface area contributed by atoms with Gasteiger partial charge in [0.15, 0.2) is 15.5 Å². The summed E-state index contributed by atoms with van der Waals surface area (Å²) in [6, 6.07) is 19.2. The van der Waals surface area contributed by atoms with Crippen LogP contribution < -0.4 is 16.4 Å². The molecule has 2 aromatic heterocycles. The number of fused-ring (bicyclic) bond motifs is 1. The first-order chi connectivity index (χ1) is 16.0. The van der Waals surface area contributed by atoms with Crippen LogP contribution in [0.4, 0.5) is 11.6 Å². The van der Waals surface area contributed by atoms with E-state index in [0.29, 0.717) is 40.6 Å². The van der Waals surface area contributed by atoms with Gasteiger partial charge >= 0.3 is 0 Å². The maximum absolute atomic E-state index is 12.3. The Morgan fingerprint density at radius 3 is 2.44 bits per heavy atom. The number of anilines is 2.